The first-order chi connectivity index (χ1) is 19.9. The summed E-state index contributed by atoms with van der Waals surface area (Å²) in [5.74, 6) is -0.257. The molecule has 0 bridgehead atoms. The van der Waals surface area contributed by atoms with E-state index in [4.69, 9.17) is 9.97 Å². The fourth-order valence-corrected chi connectivity index (χ4v) is 6.12. The van der Waals surface area contributed by atoms with Crippen molar-refractivity contribution in [2.75, 3.05) is 23.7 Å². The van der Waals surface area contributed by atoms with Crippen molar-refractivity contribution in [2.45, 2.75) is 96.2 Å². The maximum Gasteiger partial charge on any atom is 0.225 e. The van der Waals surface area contributed by atoms with E-state index in [1.54, 1.807) is 6.20 Å². The predicted octanol–water partition coefficient (Wildman–Crippen LogP) is 5.94. The van der Waals surface area contributed by atoms with Crippen LogP contribution in [0.2, 0.25) is 0 Å². The van der Waals surface area contributed by atoms with Gasteiger partial charge in [0.15, 0.2) is 5.65 Å². The molecule has 0 unspecified atom stereocenters. The van der Waals surface area contributed by atoms with Crippen LogP contribution in [0.25, 0.3) is 11.2 Å². The molecule has 9 nitrogen and oxygen atoms in total. The molecule has 2 aliphatic rings. The third-order valence-corrected chi connectivity index (χ3v) is 8.53. The lowest BCUT2D eigenvalue weighted by atomic mass is 9.85. The predicted molar refractivity (Wildman–Crippen MR) is 155 cm³/mol. The van der Waals surface area contributed by atoms with Crippen molar-refractivity contribution >= 4 is 34.7 Å². The zero-order valence-corrected chi connectivity index (χ0v) is 24.0. The summed E-state index contributed by atoms with van der Waals surface area (Å²) in [5, 5.41) is 16.3. The number of rotatable bonds is 10. The molecule has 1 amide bonds. The molecule has 3 aromatic rings. The van der Waals surface area contributed by atoms with E-state index in [1.807, 2.05) is 16.4 Å². The number of aliphatic hydroxyl groups excluding tert-OH is 1. The average molecular weight is 570 g/mol. The molecular weight excluding hydrogens is 528 g/mol. The highest BCUT2D eigenvalue weighted by atomic mass is 19.1. The molecule has 2 aromatic heterocycles. The Balaban J connectivity index is 1.41. The van der Waals surface area contributed by atoms with E-state index in [0.717, 1.165) is 83.4 Å². The van der Waals surface area contributed by atoms with Gasteiger partial charge in [-0.05, 0) is 76.8 Å². The minimum Gasteiger partial charge on any atom is -0.393 e. The first kappa shape index (κ1) is 29.2. The van der Waals surface area contributed by atoms with Gasteiger partial charge < -0.3 is 20.6 Å². The summed E-state index contributed by atoms with van der Waals surface area (Å²) in [7, 11) is 0. The number of carbonyl (C=O) groups is 1. The van der Waals surface area contributed by atoms with Crippen molar-refractivity contribution in [2.24, 2.45) is 5.92 Å². The van der Waals surface area contributed by atoms with Gasteiger partial charge in [-0.1, -0.05) is 13.3 Å². The zero-order valence-electron chi connectivity index (χ0n) is 24.0. The third kappa shape index (κ3) is 6.77. The van der Waals surface area contributed by atoms with E-state index >= 15 is 0 Å². The molecule has 1 aromatic carbocycles. The largest absolute Gasteiger partial charge is 0.393 e. The highest BCUT2D eigenvalue weighted by molar-refractivity contribution is 5.79. The van der Waals surface area contributed by atoms with Crippen molar-refractivity contribution in [1.82, 2.24) is 24.4 Å². The van der Waals surface area contributed by atoms with E-state index in [1.165, 1.54) is 12.1 Å². The van der Waals surface area contributed by atoms with Gasteiger partial charge in [-0.2, -0.15) is 4.98 Å². The lowest BCUT2D eigenvalue weighted by Gasteiger charge is -2.33. The highest BCUT2D eigenvalue weighted by Crippen LogP contribution is 2.38. The second kappa shape index (κ2) is 13.1. The molecule has 0 aliphatic heterocycles. The maximum atomic E-state index is 14.6. The number of fused-ring (bicyclic) bond motifs is 1. The Kier molecular flexibility index (Phi) is 9.32. The number of nitrogens with one attached hydrogen (secondary N) is 2. The smallest absolute Gasteiger partial charge is 0.225 e. The number of unbranched alkanes of at least 4 members (excludes halogenated alkanes) is 1. The molecule has 0 radical (unpaired) electrons. The Morgan fingerprint density at radius 2 is 1.83 bits per heavy atom. The van der Waals surface area contributed by atoms with Gasteiger partial charge in [0, 0.05) is 37.2 Å². The minimum atomic E-state index is -0.711. The second-order valence-electron chi connectivity index (χ2n) is 11.4. The van der Waals surface area contributed by atoms with Crippen LogP contribution in [-0.4, -0.2) is 60.7 Å². The molecule has 41 heavy (non-hydrogen) atoms. The maximum absolute atomic E-state index is 14.6. The molecule has 5 rings (SSSR count). The number of aromatic nitrogens is 4. The van der Waals surface area contributed by atoms with E-state index < -0.39 is 11.6 Å². The van der Waals surface area contributed by atoms with Gasteiger partial charge in [0.1, 0.15) is 17.2 Å². The van der Waals surface area contributed by atoms with Gasteiger partial charge in [0.05, 0.1) is 18.0 Å². The topological polar surface area (TPSA) is 108 Å². The monoisotopic (exact) mass is 569 g/mol. The number of hydrogen-bond acceptors (Lipinski definition) is 7. The van der Waals surface area contributed by atoms with Crippen LogP contribution in [0.15, 0.2) is 24.4 Å². The molecular formula is C30H41F2N7O2. The normalized spacial score (nSPS) is 23.0. The fraction of sp³-hybridized carbons (Fsp3) is 0.600. The van der Waals surface area contributed by atoms with Gasteiger partial charge >= 0.3 is 0 Å². The zero-order chi connectivity index (χ0) is 28.9. The summed E-state index contributed by atoms with van der Waals surface area (Å²) in [4.78, 5) is 29.2. The third-order valence-electron chi connectivity index (χ3n) is 8.53. The highest BCUT2D eigenvalue weighted by Gasteiger charge is 2.32. The van der Waals surface area contributed by atoms with Gasteiger partial charge in [-0.25, -0.2) is 18.7 Å². The molecule has 0 spiro atoms. The number of imidazole rings is 1. The minimum absolute atomic E-state index is 0.00615. The number of halogens is 2. The van der Waals surface area contributed by atoms with Crippen LogP contribution in [0.1, 0.15) is 84.1 Å². The molecule has 2 saturated carbocycles. The van der Waals surface area contributed by atoms with Gasteiger partial charge in [0.25, 0.3) is 0 Å². The first-order valence-electron chi connectivity index (χ1n) is 15.1. The number of anilines is 3. The van der Waals surface area contributed by atoms with E-state index in [-0.39, 0.29) is 35.7 Å². The van der Waals surface area contributed by atoms with E-state index in [0.29, 0.717) is 23.1 Å². The number of amides is 1. The molecule has 0 atom stereocenters. The van der Waals surface area contributed by atoms with Crippen molar-refractivity contribution in [3.63, 3.8) is 0 Å². The van der Waals surface area contributed by atoms with Crippen LogP contribution in [-0.2, 0) is 4.79 Å². The van der Waals surface area contributed by atoms with Gasteiger partial charge in [0.2, 0.25) is 17.8 Å². The Morgan fingerprint density at radius 1 is 1.07 bits per heavy atom. The number of nitrogens with zero attached hydrogens (tertiary/aromatic N) is 5. The van der Waals surface area contributed by atoms with Crippen LogP contribution in [0, 0.1) is 17.6 Å². The van der Waals surface area contributed by atoms with Gasteiger partial charge in [-0.3, -0.25) is 9.36 Å². The van der Waals surface area contributed by atoms with Crippen LogP contribution in [0.4, 0.5) is 26.4 Å². The number of carbonyl (C=O) groups excluding carboxylic acids is 1. The Hall–Kier alpha value is -3.34. The summed E-state index contributed by atoms with van der Waals surface area (Å²) in [6, 6.07) is 3.57. The van der Waals surface area contributed by atoms with Crippen LogP contribution in [0.3, 0.4) is 0 Å². The quantitative estimate of drug-likeness (QED) is 0.277. The number of aliphatic hydroxyl groups is 1. The van der Waals surface area contributed by atoms with Crippen molar-refractivity contribution < 1.29 is 18.7 Å². The summed E-state index contributed by atoms with van der Waals surface area (Å²) >= 11 is 0. The molecule has 3 N–H and O–H groups in total. The lowest BCUT2D eigenvalue weighted by molar-refractivity contribution is -0.136. The molecule has 2 aliphatic carbocycles. The van der Waals surface area contributed by atoms with Crippen molar-refractivity contribution in [3.05, 3.63) is 36.0 Å². The van der Waals surface area contributed by atoms with Crippen LogP contribution >= 0.6 is 0 Å². The van der Waals surface area contributed by atoms with Crippen molar-refractivity contribution in [3.8, 4) is 0 Å². The summed E-state index contributed by atoms with van der Waals surface area (Å²) in [5.41, 5.74) is 1.30. The average Bonchev–Trinajstić information content (AvgIpc) is 3.33. The lowest BCUT2D eigenvalue weighted by Crippen LogP contribution is -2.38. The Morgan fingerprint density at radius 3 is 2.51 bits per heavy atom. The summed E-state index contributed by atoms with van der Waals surface area (Å²) < 4.78 is 30.2. The fourth-order valence-electron chi connectivity index (χ4n) is 6.12. The number of hydrogen-bond donors (Lipinski definition) is 3. The standard InChI is InChI=1S/C30H41F2N7O2/c1-3-5-16-38(4-2)28(41)19-6-11-22(12-7-19)39-27-26(36-30(39)35-25-15-8-20(31)17-24(25)32)18-33-29(37-27)34-21-9-13-23(40)14-10-21/h8,15,17-19,21-23,40H,3-7,9-14,16H2,1-2H3,(H,35,36)(H,33,34,37). The van der Waals surface area contributed by atoms with Crippen LogP contribution < -0.4 is 10.6 Å². The Bertz CT molecular complexity index is 1330. The first-order valence-corrected chi connectivity index (χ1v) is 15.1. The Labute approximate surface area is 239 Å². The second-order valence-corrected chi connectivity index (χ2v) is 11.4. The van der Waals surface area contributed by atoms with Crippen molar-refractivity contribution in [1.29, 1.82) is 0 Å². The molecule has 2 fully saturated rings. The molecule has 0 saturated heterocycles. The molecule has 222 valence electrons. The van der Waals surface area contributed by atoms with Gasteiger partial charge in [-0.15, -0.1) is 0 Å². The molecule has 11 heteroatoms. The summed E-state index contributed by atoms with van der Waals surface area (Å²) in [6.07, 6.45) is 9.61. The van der Waals surface area contributed by atoms with Crippen LogP contribution in [0.5, 0.6) is 0 Å². The van der Waals surface area contributed by atoms with E-state index in [2.05, 4.69) is 22.5 Å². The number of benzene rings is 1. The van der Waals surface area contributed by atoms with E-state index in [9.17, 15) is 18.7 Å². The summed E-state index contributed by atoms with van der Waals surface area (Å²) in [6.45, 7) is 5.67. The molecule has 2 heterocycles. The SMILES string of the molecule is CCCCN(CC)C(=O)C1CCC(n2c(Nc3ccc(F)cc3F)nc3cnc(NC4CCC(O)CC4)nc32)CC1.